The summed E-state index contributed by atoms with van der Waals surface area (Å²) in [5, 5.41) is 18.5. The van der Waals surface area contributed by atoms with Gasteiger partial charge in [-0.1, -0.05) is 0 Å². The van der Waals surface area contributed by atoms with E-state index < -0.39 is 16.9 Å². The molecule has 0 aliphatic heterocycles. The van der Waals surface area contributed by atoms with E-state index in [2.05, 4.69) is 0 Å². The van der Waals surface area contributed by atoms with Gasteiger partial charge in [0.15, 0.2) is 6.61 Å². The number of aliphatic carboxylic acids is 1. The Kier molecular flexibility index (Phi) is 3.92. The third kappa shape index (κ3) is 4.32. The van der Waals surface area contributed by atoms with E-state index in [0.29, 0.717) is 22.6 Å². The van der Waals surface area contributed by atoms with Gasteiger partial charge in [0.25, 0.3) is 11.9 Å². The van der Waals surface area contributed by atoms with E-state index in [4.69, 9.17) is 9.84 Å². The van der Waals surface area contributed by atoms with E-state index in [-0.39, 0.29) is 0 Å². The van der Waals surface area contributed by atoms with E-state index in [0.717, 1.165) is 0 Å². The van der Waals surface area contributed by atoms with Crippen LogP contribution in [-0.2, 0) is 4.79 Å². The number of benzene rings is 1. The molecular weight excluding hydrogens is 222 g/mol. The fourth-order valence-electron chi connectivity index (χ4n) is 0.828. The maximum Gasteiger partial charge on any atom is 0.341 e. The van der Waals surface area contributed by atoms with Gasteiger partial charge < -0.3 is 9.84 Å². The molecule has 0 bridgehead atoms. The molecule has 1 rings (SSSR count). The van der Waals surface area contributed by atoms with Crippen LogP contribution in [0.4, 0.5) is 0 Å². The van der Waals surface area contributed by atoms with E-state index in [1.807, 2.05) is 0 Å². The summed E-state index contributed by atoms with van der Waals surface area (Å²) in [5.41, 5.74) is 0. The van der Waals surface area contributed by atoms with E-state index in [9.17, 15) is 14.9 Å². The lowest BCUT2D eigenvalue weighted by Crippen LogP contribution is -2.09. The first-order chi connectivity index (χ1) is 7.08. The number of hydrogen-bond donors (Lipinski definition) is 1. The Hall–Kier alpha value is -1.76. The fraction of sp³-hybridized carbons (Fsp3) is 0.125. The zero-order chi connectivity index (χ0) is 11.3. The summed E-state index contributed by atoms with van der Waals surface area (Å²) in [6, 6.07) is 5.94. The van der Waals surface area contributed by atoms with Crippen molar-refractivity contribution in [1.29, 1.82) is 0 Å². The predicted molar refractivity (Wildman–Crippen MR) is 52.4 cm³/mol. The standard InChI is InChI=1S/C8H7NO5S/c10-8(11)5-14-6-1-3-7(4-2-6)15-9(12)13/h1-4H,5H2,(H,10,11). The van der Waals surface area contributed by atoms with Gasteiger partial charge in [0, 0.05) is 0 Å². The maximum absolute atomic E-state index is 10.2. The summed E-state index contributed by atoms with van der Waals surface area (Å²) in [5.74, 6) is -0.705. The van der Waals surface area contributed by atoms with Gasteiger partial charge >= 0.3 is 5.97 Å². The monoisotopic (exact) mass is 229 g/mol. The zero-order valence-corrected chi connectivity index (χ0v) is 8.27. The van der Waals surface area contributed by atoms with Crippen LogP contribution in [0.25, 0.3) is 0 Å². The van der Waals surface area contributed by atoms with Gasteiger partial charge in [-0.2, -0.15) is 0 Å². The van der Waals surface area contributed by atoms with Gasteiger partial charge in [0.05, 0.1) is 4.90 Å². The quantitative estimate of drug-likeness (QED) is 0.466. The molecule has 0 spiro atoms. The van der Waals surface area contributed by atoms with E-state index in [1.165, 1.54) is 24.3 Å². The van der Waals surface area contributed by atoms with Crippen LogP contribution in [0.15, 0.2) is 29.2 Å². The van der Waals surface area contributed by atoms with Crippen molar-refractivity contribution in [3.8, 4) is 5.75 Å². The number of carbonyl (C=O) groups is 1. The Labute approximate surface area is 89.1 Å². The molecule has 0 aliphatic rings. The topological polar surface area (TPSA) is 89.7 Å². The van der Waals surface area contributed by atoms with Crippen molar-refractivity contribution >= 4 is 17.9 Å². The molecule has 0 saturated heterocycles. The highest BCUT2D eigenvalue weighted by Crippen LogP contribution is 2.21. The van der Waals surface area contributed by atoms with Gasteiger partial charge in [-0.15, -0.1) is 0 Å². The summed E-state index contributed by atoms with van der Waals surface area (Å²) in [7, 11) is 0. The molecular formula is C8H7NO5S. The second-order valence-corrected chi connectivity index (χ2v) is 3.42. The highest BCUT2D eigenvalue weighted by molar-refractivity contribution is 7.93. The zero-order valence-electron chi connectivity index (χ0n) is 7.45. The highest BCUT2D eigenvalue weighted by atomic mass is 32.2. The summed E-state index contributed by atoms with van der Waals surface area (Å²) in [6.45, 7) is -0.429. The number of carboxylic acid groups (broad SMARTS) is 1. The largest absolute Gasteiger partial charge is 0.482 e. The van der Waals surface area contributed by atoms with E-state index in [1.54, 1.807) is 0 Å². The second-order valence-electron chi connectivity index (χ2n) is 2.47. The Morgan fingerprint density at radius 3 is 2.53 bits per heavy atom. The van der Waals surface area contributed by atoms with Crippen LogP contribution in [-0.4, -0.2) is 22.0 Å². The number of rotatable bonds is 5. The van der Waals surface area contributed by atoms with Crippen molar-refractivity contribution in [2.75, 3.05) is 6.61 Å². The van der Waals surface area contributed by atoms with Crippen LogP contribution < -0.4 is 4.74 Å². The Morgan fingerprint density at radius 2 is 2.07 bits per heavy atom. The average molecular weight is 229 g/mol. The van der Waals surface area contributed by atoms with Crippen LogP contribution in [0.1, 0.15) is 0 Å². The number of hydrogen-bond acceptors (Lipinski definition) is 5. The van der Waals surface area contributed by atoms with Crippen LogP contribution in [0.2, 0.25) is 0 Å². The van der Waals surface area contributed by atoms with Gasteiger partial charge in [0.2, 0.25) is 0 Å². The number of ether oxygens (including phenoxy) is 1. The molecule has 0 aliphatic carbocycles. The van der Waals surface area contributed by atoms with Crippen molar-refractivity contribution < 1.29 is 19.0 Å². The molecule has 0 saturated carbocycles. The molecule has 6 nitrogen and oxygen atoms in total. The Morgan fingerprint density at radius 1 is 1.47 bits per heavy atom. The highest BCUT2D eigenvalue weighted by Gasteiger charge is 2.05. The summed E-state index contributed by atoms with van der Waals surface area (Å²) in [6.07, 6.45) is 0. The number of nitrogens with zero attached hydrogens (tertiary/aromatic N) is 1. The average Bonchev–Trinajstić information content (AvgIpc) is 2.16. The molecule has 0 radical (unpaired) electrons. The summed E-state index contributed by atoms with van der Waals surface area (Å²) in [4.78, 5) is 20.8. The number of carboxylic acids is 1. The molecule has 0 aromatic heterocycles. The molecule has 80 valence electrons. The summed E-state index contributed by atoms with van der Waals surface area (Å²) >= 11 is 0.482. The Balaban J connectivity index is 2.56. The number of nitro groups is 1. The van der Waals surface area contributed by atoms with Crippen LogP contribution >= 0.6 is 11.9 Å². The fourth-order valence-corrected chi connectivity index (χ4v) is 1.26. The van der Waals surface area contributed by atoms with Crippen LogP contribution in [0, 0.1) is 10.1 Å². The minimum Gasteiger partial charge on any atom is -0.482 e. The normalized spacial score (nSPS) is 9.60. The molecule has 0 fully saturated rings. The molecule has 0 atom stereocenters. The van der Waals surface area contributed by atoms with Crippen LogP contribution in [0.5, 0.6) is 5.75 Å². The molecule has 1 aromatic carbocycles. The van der Waals surface area contributed by atoms with Gasteiger partial charge in [-0.3, -0.25) is 10.1 Å². The van der Waals surface area contributed by atoms with Crippen LogP contribution in [0.3, 0.4) is 0 Å². The van der Waals surface area contributed by atoms with Gasteiger partial charge in [-0.25, -0.2) is 4.79 Å². The van der Waals surface area contributed by atoms with Gasteiger partial charge in [-0.05, 0) is 24.3 Å². The lowest BCUT2D eigenvalue weighted by atomic mass is 10.3. The third-order valence-corrected chi connectivity index (χ3v) is 2.00. The third-order valence-electron chi connectivity index (χ3n) is 1.37. The minimum absolute atomic E-state index is 0.366. The van der Waals surface area contributed by atoms with Crippen molar-refractivity contribution in [1.82, 2.24) is 0 Å². The van der Waals surface area contributed by atoms with Crippen molar-refractivity contribution in [3.63, 3.8) is 0 Å². The maximum atomic E-state index is 10.2. The molecule has 7 heteroatoms. The van der Waals surface area contributed by atoms with Crippen molar-refractivity contribution in [2.45, 2.75) is 4.90 Å². The van der Waals surface area contributed by atoms with E-state index >= 15 is 0 Å². The second kappa shape index (κ2) is 5.20. The SMILES string of the molecule is O=C(O)COc1ccc(S[N+](=O)[O-])cc1. The van der Waals surface area contributed by atoms with Crippen molar-refractivity contribution in [2.24, 2.45) is 0 Å². The first kappa shape index (κ1) is 11.3. The minimum atomic E-state index is -1.07. The van der Waals surface area contributed by atoms with Gasteiger partial charge in [0.1, 0.15) is 10.1 Å². The Bertz CT molecular complexity index is 364. The smallest absolute Gasteiger partial charge is 0.341 e. The first-order valence-electron chi connectivity index (χ1n) is 3.85. The molecule has 0 heterocycles. The molecule has 15 heavy (non-hydrogen) atoms. The molecule has 0 amide bonds. The lowest BCUT2D eigenvalue weighted by molar-refractivity contribution is -0.284. The lowest BCUT2D eigenvalue weighted by Gasteiger charge is -2.01. The molecule has 1 N–H and O–H groups in total. The van der Waals surface area contributed by atoms with Crippen molar-refractivity contribution in [3.05, 3.63) is 34.4 Å². The molecule has 0 unspecified atom stereocenters. The predicted octanol–water partition coefficient (Wildman–Crippen LogP) is 1.43. The first-order valence-corrected chi connectivity index (χ1v) is 4.62. The molecule has 1 aromatic rings. The summed E-state index contributed by atoms with van der Waals surface area (Å²) < 4.78 is 4.33.